The van der Waals surface area contributed by atoms with E-state index < -0.39 is 41.5 Å². The van der Waals surface area contributed by atoms with Gasteiger partial charge in [0.25, 0.3) is 0 Å². The molecule has 4 atom stereocenters. The van der Waals surface area contributed by atoms with Gasteiger partial charge in [0.15, 0.2) is 6.23 Å². The monoisotopic (exact) mass is 561 g/mol. The lowest BCUT2D eigenvalue weighted by atomic mass is 9.87. The molecule has 0 N–H and O–H groups in total. The maximum Gasteiger partial charge on any atom is 0.349 e. The number of rotatable bonds is 6. The third-order valence-electron chi connectivity index (χ3n) is 8.97. The van der Waals surface area contributed by atoms with Crippen LogP contribution < -0.4 is 5.69 Å². The van der Waals surface area contributed by atoms with Crippen LogP contribution >= 0.6 is 0 Å². The SMILES string of the molecule is CC(C)[Si]1(C(C)C)OC[C@H]2O[C@@H](n3ccc(C4CCCCC4)nc3=O)[C@@H](C#N)[C@@H]2O[Si](C(C)C)(C(C)C)O1. The molecule has 0 unspecified atom stereocenters. The van der Waals surface area contributed by atoms with Gasteiger partial charge in [-0.1, -0.05) is 74.7 Å². The third kappa shape index (κ3) is 5.22. The molecule has 1 aliphatic carbocycles. The number of hydrogen-bond donors (Lipinski definition) is 0. The molecule has 1 aromatic rings. The second-order valence-corrected chi connectivity index (χ2v) is 21.5. The van der Waals surface area contributed by atoms with Crippen LogP contribution in [0.25, 0.3) is 0 Å². The van der Waals surface area contributed by atoms with Crippen LogP contribution in [-0.4, -0.2) is 45.5 Å². The van der Waals surface area contributed by atoms with Crippen molar-refractivity contribution in [1.82, 2.24) is 9.55 Å². The number of hydrogen-bond acceptors (Lipinski definition) is 7. The number of fused-ring (bicyclic) bond motifs is 1. The van der Waals surface area contributed by atoms with Crippen molar-refractivity contribution in [2.24, 2.45) is 5.92 Å². The van der Waals surface area contributed by atoms with Gasteiger partial charge < -0.3 is 17.7 Å². The van der Waals surface area contributed by atoms with Crippen LogP contribution in [-0.2, 0) is 17.7 Å². The largest absolute Gasteiger partial charge is 0.414 e. The standard InChI is InChI=1S/C28H47N3O5Si2/c1-18(2)37(19(3)4)33-17-25-26(35-38(36-37,20(5)6)21(7)8)23(16-29)27(34-25)31-15-14-24(30-28(31)32)22-12-10-9-11-13-22/h14-15,18-23,25-27H,9-13,17H2,1-8H3/t23-,25+,26-,27+/m0/s1. The predicted molar refractivity (Wildman–Crippen MR) is 151 cm³/mol. The van der Waals surface area contributed by atoms with Gasteiger partial charge >= 0.3 is 22.8 Å². The summed E-state index contributed by atoms with van der Waals surface area (Å²) >= 11 is 0. The molecular formula is C28H47N3O5Si2. The van der Waals surface area contributed by atoms with Gasteiger partial charge in [-0.3, -0.25) is 4.57 Å². The minimum atomic E-state index is -2.90. The molecule has 0 spiro atoms. The summed E-state index contributed by atoms with van der Waals surface area (Å²) in [6.07, 6.45) is 5.72. The summed E-state index contributed by atoms with van der Waals surface area (Å²) in [5.41, 5.74) is 1.21. The van der Waals surface area contributed by atoms with E-state index >= 15 is 0 Å². The van der Waals surface area contributed by atoms with Crippen LogP contribution in [0.2, 0.25) is 22.2 Å². The van der Waals surface area contributed by atoms with Crippen molar-refractivity contribution in [1.29, 1.82) is 5.26 Å². The molecule has 1 saturated carbocycles. The maximum absolute atomic E-state index is 13.3. The Kier molecular flexibility index (Phi) is 9.07. The third-order valence-corrected chi connectivity index (χ3v) is 19.2. The first-order valence-corrected chi connectivity index (χ1v) is 18.6. The van der Waals surface area contributed by atoms with Gasteiger partial charge in [-0.15, -0.1) is 0 Å². The van der Waals surface area contributed by atoms with Crippen molar-refractivity contribution < 1.29 is 17.7 Å². The zero-order chi connectivity index (χ0) is 27.8. The molecule has 0 bridgehead atoms. The minimum Gasteiger partial charge on any atom is -0.414 e. The summed E-state index contributed by atoms with van der Waals surface area (Å²) < 4.78 is 29.1. The van der Waals surface area contributed by atoms with Crippen molar-refractivity contribution in [3.05, 3.63) is 28.4 Å². The predicted octanol–water partition coefficient (Wildman–Crippen LogP) is 6.28. The summed E-state index contributed by atoms with van der Waals surface area (Å²) in [6.45, 7) is 17.7. The Balaban J connectivity index is 1.72. The highest BCUT2D eigenvalue weighted by molar-refractivity contribution is 6.83. The molecule has 0 aromatic carbocycles. The van der Waals surface area contributed by atoms with Gasteiger partial charge in [-0.05, 0) is 41.1 Å². The van der Waals surface area contributed by atoms with Gasteiger partial charge in [0, 0.05) is 12.1 Å². The molecule has 2 aliphatic heterocycles. The Hall–Kier alpha value is -1.36. The van der Waals surface area contributed by atoms with Gasteiger partial charge in [-0.2, -0.15) is 10.2 Å². The van der Waals surface area contributed by atoms with Crippen LogP contribution in [0.15, 0.2) is 17.1 Å². The first-order chi connectivity index (χ1) is 18.0. The molecule has 212 valence electrons. The van der Waals surface area contributed by atoms with Crippen LogP contribution in [0.1, 0.15) is 105 Å². The van der Waals surface area contributed by atoms with Gasteiger partial charge in [0.05, 0.1) is 24.5 Å². The maximum atomic E-state index is 13.3. The highest BCUT2D eigenvalue weighted by atomic mass is 28.5. The average molecular weight is 562 g/mol. The molecule has 10 heteroatoms. The molecule has 0 amide bonds. The number of nitrogens with zero attached hydrogens (tertiary/aromatic N) is 3. The van der Waals surface area contributed by atoms with E-state index in [0.29, 0.717) is 5.92 Å². The molecule has 2 saturated heterocycles. The number of ether oxygens (including phenoxy) is 1. The highest BCUT2D eigenvalue weighted by Crippen LogP contribution is 2.49. The second kappa shape index (κ2) is 11.6. The van der Waals surface area contributed by atoms with E-state index in [4.69, 9.17) is 17.7 Å². The molecule has 3 aliphatic rings. The smallest absolute Gasteiger partial charge is 0.349 e. The number of nitriles is 1. The Morgan fingerprint density at radius 3 is 2.11 bits per heavy atom. The quantitative estimate of drug-likeness (QED) is 0.377. The Bertz CT molecular complexity index is 1050. The van der Waals surface area contributed by atoms with E-state index in [1.165, 1.54) is 23.8 Å². The lowest BCUT2D eigenvalue weighted by Gasteiger charge is -2.51. The van der Waals surface area contributed by atoms with Gasteiger partial charge in [-0.25, -0.2) is 4.79 Å². The van der Waals surface area contributed by atoms with Crippen molar-refractivity contribution in [2.45, 2.75) is 134 Å². The lowest BCUT2D eigenvalue weighted by Crippen LogP contribution is -2.65. The summed E-state index contributed by atoms with van der Waals surface area (Å²) in [5, 5.41) is 10.4. The van der Waals surface area contributed by atoms with Crippen LogP contribution in [0, 0.1) is 17.2 Å². The van der Waals surface area contributed by atoms with E-state index in [1.807, 2.05) is 6.07 Å². The zero-order valence-corrected chi connectivity index (χ0v) is 26.5. The van der Waals surface area contributed by atoms with Crippen molar-refractivity contribution in [2.75, 3.05) is 6.61 Å². The first kappa shape index (κ1) is 29.6. The van der Waals surface area contributed by atoms with E-state index in [2.05, 4.69) is 66.4 Å². The van der Waals surface area contributed by atoms with Crippen molar-refractivity contribution in [3.63, 3.8) is 0 Å². The highest BCUT2D eigenvalue weighted by Gasteiger charge is 2.62. The van der Waals surface area contributed by atoms with Gasteiger partial charge in [0.2, 0.25) is 0 Å². The average Bonchev–Trinajstić information content (AvgIpc) is 3.19. The van der Waals surface area contributed by atoms with Crippen molar-refractivity contribution in [3.8, 4) is 6.07 Å². The summed E-state index contributed by atoms with van der Waals surface area (Å²) in [4.78, 5) is 17.7. The molecule has 8 nitrogen and oxygen atoms in total. The summed E-state index contributed by atoms with van der Waals surface area (Å²) in [7, 11) is -5.62. The lowest BCUT2D eigenvalue weighted by molar-refractivity contribution is -0.0570. The van der Waals surface area contributed by atoms with E-state index in [1.54, 1.807) is 6.20 Å². The van der Waals surface area contributed by atoms with E-state index in [-0.39, 0.29) is 34.5 Å². The number of aromatic nitrogens is 2. The van der Waals surface area contributed by atoms with Crippen LogP contribution in [0.5, 0.6) is 0 Å². The van der Waals surface area contributed by atoms with Crippen molar-refractivity contribution >= 4 is 17.1 Å². The Labute approximate surface area is 230 Å². The van der Waals surface area contributed by atoms with Crippen LogP contribution in [0.3, 0.4) is 0 Å². The summed E-state index contributed by atoms with van der Waals surface area (Å²) in [5.74, 6) is -0.344. The first-order valence-electron chi connectivity index (χ1n) is 14.6. The second-order valence-electron chi connectivity index (χ2n) is 12.7. The molecule has 3 fully saturated rings. The molecule has 38 heavy (non-hydrogen) atoms. The zero-order valence-electron chi connectivity index (χ0n) is 24.5. The fourth-order valence-electron chi connectivity index (χ4n) is 6.78. The normalized spacial score (nSPS) is 29.9. The van der Waals surface area contributed by atoms with Gasteiger partial charge in [0.1, 0.15) is 12.0 Å². The Morgan fingerprint density at radius 1 is 0.974 bits per heavy atom. The Morgan fingerprint density at radius 2 is 1.58 bits per heavy atom. The minimum absolute atomic E-state index is 0.145. The van der Waals surface area contributed by atoms with Crippen LogP contribution in [0.4, 0.5) is 0 Å². The molecule has 4 rings (SSSR count). The van der Waals surface area contributed by atoms with E-state index in [9.17, 15) is 10.1 Å². The fourth-order valence-corrected chi connectivity index (χ4v) is 18.0. The molecule has 3 heterocycles. The topological polar surface area (TPSA) is 95.6 Å². The molecule has 0 radical (unpaired) electrons. The summed E-state index contributed by atoms with van der Waals surface area (Å²) in [6, 6.07) is 4.37. The van der Waals surface area contributed by atoms with E-state index in [0.717, 1.165) is 18.5 Å². The molecule has 1 aromatic heterocycles. The molecular weight excluding hydrogens is 514 g/mol. The fraction of sp³-hybridized carbons (Fsp3) is 0.821.